The molecule has 4 nitrogen and oxygen atoms in total. The molecule has 2 rings (SSSR count). The minimum atomic E-state index is -0.0143. The lowest BCUT2D eigenvalue weighted by molar-refractivity contribution is -0.113. The summed E-state index contributed by atoms with van der Waals surface area (Å²) in [6.07, 6.45) is 1.90. The second-order valence-electron chi connectivity index (χ2n) is 3.90. The first-order valence-corrected chi connectivity index (χ1v) is 7.01. The lowest BCUT2D eigenvalue weighted by Crippen LogP contribution is -2.16. The number of hydrogen-bond donors (Lipinski definition) is 1. The topological polar surface area (TPSA) is 46.9 Å². The molecule has 0 atom stereocenters. The molecular formula is C13H15N3OS. The quantitative estimate of drug-likeness (QED) is 0.919. The normalized spacial score (nSPS) is 10.3. The van der Waals surface area contributed by atoms with E-state index in [1.165, 1.54) is 11.8 Å². The minimum absolute atomic E-state index is 0.0143. The largest absolute Gasteiger partial charge is 0.310 e. The van der Waals surface area contributed by atoms with Crippen LogP contribution in [0.2, 0.25) is 0 Å². The molecule has 1 amide bonds. The third-order valence-corrected chi connectivity index (χ3v) is 2.93. The highest BCUT2D eigenvalue weighted by molar-refractivity contribution is 7.99. The Labute approximate surface area is 110 Å². The molecule has 2 aromatic rings. The van der Waals surface area contributed by atoms with Crippen molar-refractivity contribution in [1.82, 2.24) is 9.78 Å². The zero-order valence-corrected chi connectivity index (χ0v) is 11.2. The third-order valence-electron chi connectivity index (χ3n) is 2.38. The van der Waals surface area contributed by atoms with Gasteiger partial charge in [0, 0.05) is 6.07 Å². The highest BCUT2D eigenvalue weighted by Gasteiger charge is 2.09. The Morgan fingerprint density at radius 2 is 2.11 bits per heavy atom. The predicted molar refractivity (Wildman–Crippen MR) is 75.3 cm³/mol. The first-order chi connectivity index (χ1) is 8.70. The van der Waals surface area contributed by atoms with Gasteiger partial charge >= 0.3 is 0 Å². The van der Waals surface area contributed by atoms with E-state index in [0.717, 1.165) is 11.4 Å². The van der Waals surface area contributed by atoms with Crippen LogP contribution < -0.4 is 5.32 Å². The number of carbonyl (C=O) groups is 1. The van der Waals surface area contributed by atoms with E-state index < -0.39 is 0 Å². The molecule has 18 heavy (non-hydrogen) atoms. The summed E-state index contributed by atoms with van der Waals surface area (Å²) in [6, 6.07) is 11.6. The van der Waals surface area contributed by atoms with Crippen molar-refractivity contribution in [2.24, 2.45) is 0 Å². The van der Waals surface area contributed by atoms with E-state index in [1.54, 1.807) is 4.68 Å². The number of amides is 1. The van der Waals surface area contributed by atoms with Crippen LogP contribution in [0.1, 0.15) is 5.69 Å². The van der Waals surface area contributed by atoms with Gasteiger partial charge in [0.1, 0.15) is 5.82 Å². The molecule has 0 bridgehead atoms. The second-order valence-corrected chi connectivity index (χ2v) is 4.77. The number of benzene rings is 1. The van der Waals surface area contributed by atoms with E-state index in [0.29, 0.717) is 11.6 Å². The van der Waals surface area contributed by atoms with E-state index >= 15 is 0 Å². The summed E-state index contributed by atoms with van der Waals surface area (Å²) in [6.45, 7) is 1.91. The molecule has 1 N–H and O–H groups in total. The summed E-state index contributed by atoms with van der Waals surface area (Å²) in [5.74, 6) is 1.14. The molecule has 0 saturated heterocycles. The number of rotatable bonds is 4. The van der Waals surface area contributed by atoms with E-state index in [2.05, 4.69) is 10.4 Å². The van der Waals surface area contributed by atoms with Crippen LogP contribution in [0.5, 0.6) is 0 Å². The molecule has 1 aromatic carbocycles. The first kappa shape index (κ1) is 12.7. The van der Waals surface area contributed by atoms with Crippen molar-refractivity contribution in [2.45, 2.75) is 6.92 Å². The fraction of sp³-hybridized carbons (Fsp3) is 0.231. The molecule has 5 heteroatoms. The summed E-state index contributed by atoms with van der Waals surface area (Å²) in [5.41, 5.74) is 1.81. The smallest absolute Gasteiger partial charge is 0.235 e. The Morgan fingerprint density at radius 3 is 2.78 bits per heavy atom. The molecule has 0 saturated carbocycles. The molecule has 1 heterocycles. The standard InChI is InChI=1S/C13H15N3OS/c1-10-8-12(14-13(17)9-18-2)16(15-10)11-6-4-3-5-7-11/h3-8H,9H2,1-2H3,(H,14,17). The van der Waals surface area contributed by atoms with Gasteiger partial charge in [-0.2, -0.15) is 16.9 Å². The predicted octanol–water partition coefficient (Wildman–Crippen LogP) is 2.48. The minimum Gasteiger partial charge on any atom is -0.310 e. The van der Waals surface area contributed by atoms with Gasteiger partial charge in [-0.25, -0.2) is 4.68 Å². The van der Waals surface area contributed by atoms with Gasteiger partial charge in [0.2, 0.25) is 5.91 Å². The molecule has 94 valence electrons. The SMILES string of the molecule is CSCC(=O)Nc1cc(C)nn1-c1ccccc1. The number of thioether (sulfide) groups is 1. The molecule has 0 spiro atoms. The number of carbonyl (C=O) groups excluding carboxylic acids is 1. The van der Waals surface area contributed by atoms with Crippen LogP contribution in [0.4, 0.5) is 5.82 Å². The average molecular weight is 261 g/mol. The zero-order valence-electron chi connectivity index (χ0n) is 10.4. The van der Waals surface area contributed by atoms with Gasteiger partial charge in [0.15, 0.2) is 0 Å². The fourth-order valence-corrected chi connectivity index (χ4v) is 2.00. The van der Waals surface area contributed by atoms with Crippen LogP contribution in [0, 0.1) is 6.92 Å². The van der Waals surface area contributed by atoms with Crippen LogP contribution >= 0.6 is 11.8 Å². The van der Waals surface area contributed by atoms with Crippen molar-refractivity contribution in [1.29, 1.82) is 0 Å². The number of aryl methyl sites for hydroxylation is 1. The van der Waals surface area contributed by atoms with Gasteiger partial charge < -0.3 is 5.32 Å². The zero-order chi connectivity index (χ0) is 13.0. The Balaban J connectivity index is 2.29. The number of nitrogens with one attached hydrogen (secondary N) is 1. The number of anilines is 1. The van der Waals surface area contributed by atoms with Crippen LogP contribution in [-0.2, 0) is 4.79 Å². The molecule has 1 aromatic heterocycles. The first-order valence-electron chi connectivity index (χ1n) is 5.61. The summed E-state index contributed by atoms with van der Waals surface area (Å²) in [7, 11) is 0. The molecule has 0 fully saturated rings. The van der Waals surface area contributed by atoms with Gasteiger partial charge in [-0.1, -0.05) is 18.2 Å². The summed E-state index contributed by atoms with van der Waals surface area (Å²) in [5, 5.41) is 7.26. The van der Waals surface area contributed by atoms with Crippen molar-refractivity contribution >= 4 is 23.5 Å². The van der Waals surface area contributed by atoms with E-state index in [-0.39, 0.29) is 5.91 Å². The second kappa shape index (κ2) is 5.73. The van der Waals surface area contributed by atoms with Gasteiger partial charge in [-0.3, -0.25) is 4.79 Å². The molecule has 0 aliphatic carbocycles. The monoisotopic (exact) mass is 261 g/mol. The molecular weight excluding hydrogens is 246 g/mol. The average Bonchev–Trinajstić information content (AvgIpc) is 2.71. The van der Waals surface area contributed by atoms with Gasteiger partial charge in [0.25, 0.3) is 0 Å². The van der Waals surface area contributed by atoms with Crippen molar-refractivity contribution < 1.29 is 4.79 Å². The van der Waals surface area contributed by atoms with Gasteiger partial charge in [0.05, 0.1) is 17.1 Å². The fourth-order valence-electron chi connectivity index (χ4n) is 1.66. The van der Waals surface area contributed by atoms with E-state index in [4.69, 9.17) is 0 Å². The lowest BCUT2D eigenvalue weighted by Gasteiger charge is -2.08. The highest BCUT2D eigenvalue weighted by atomic mass is 32.2. The Hall–Kier alpha value is -1.75. The molecule has 0 unspecified atom stereocenters. The molecule has 0 radical (unpaired) electrons. The Kier molecular flexibility index (Phi) is 4.04. The van der Waals surface area contributed by atoms with Crippen LogP contribution in [0.15, 0.2) is 36.4 Å². The van der Waals surface area contributed by atoms with Crippen molar-refractivity contribution in [3.05, 3.63) is 42.1 Å². The van der Waals surface area contributed by atoms with Crippen LogP contribution in [0.25, 0.3) is 5.69 Å². The number of aromatic nitrogens is 2. The van der Waals surface area contributed by atoms with Crippen LogP contribution in [-0.4, -0.2) is 27.7 Å². The number of nitrogens with zero attached hydrogens (tertiary/aromatic N) is 2. The number of hydrogen-bond acceptors (Lipinski definition) is 3. The van der Waals surface area contributed by atoms with Crippen molar-refractivity contribution in [3.8, 4) is 5.69 Å². The maximum atomic E-state index is 11.6. The van der Waals surface area contributed by atoms with Gasteiger partial charge in [-0.15, -0.1) is 0 Å². The lowest BCUT2D eigenvalue weighted by atomic mass is 10.3. The Bertz CT molecular complexity index is 536. The van der Waals surface area contributed by atoms with Crippen molar-refractivity contribution in [2.75, 3.05) is 17.3 Å². The highest BCUT2D eigenvalue weighted by Crippen LogP contribution is 2.16. The maximum Gasteiger partial charge on any atom is 0.235 e. The molecule has 0 aliphatic rings. The number of para-hydroxylation sites is 1. The van der Waals surface area contributed by atoms with Crippen LogP contribution in [0.3, 0.4) is 0 Å². The maximum absolute atomic E-state index is 11.6. The van der Waals surface area contributed by atoms with Gasteiger partial charge in [-0.05, 0) is 25.3 Å². The summed E-state index contributed by atoms with van der Waals surface area (Å²) < 4.78 is 1.74. The molecule has 0 aliphatic heterocycles. The van der Waals surface area contributed by atoms with Crippen molar-refractivity contribution in [3.63, 3.8) is 0 Å². The van der Waals surface area contributed by atoms with E-state index in [1.807, 2.05) is 49.6 Å². The third kappa shape index (κ3) is 2.92. The summed E-state index contributed by atoms with van der Waals surface area (Å²) in [4.78, 5) is 11.6. The summed E-state index contributed by atoms with van der Waals surface area (Å²) >= 11 is 1.50. The Morgan fingerprint density at radius 1 is 1.39 bits per heavy atom. The van der Waals surface area contributed by atoms with E-state index in [9.17, 15) is 4.79 Å².